The van der Waals surface area contributed by atoms with Crippen LogP contribution in [0.1, 0.15) is 21.5 Å². The summed E-state index contributed by atoms with van der Waals surface area (Å²) in [6.07, 6.45) is -1.35. The maximum absolute atomic E-state index is 13.2. The SMILES string of the molecule is Cc1cnc2c(NC(=O)c3cnccc3C(F)(F)F)cccc2c1NC(=O)N(C)C. The summed E-state index contributed by atoms with van der Waals surface area (Å²) in [5.41, 5.74) is 0.0194. The molecular weight excluding hydrogens is 399 g/mol. The van der Waals surface area contributed by atoms with Crippen LogP contribution in [0.15, 0.2) is 42.9 Å². The lowest BCUT2D eigenvalue weighted by atomic mass is 10.1. The standard InChI is InChI=1S/C20H18F3N5O2/c1-11-9-25-17-12(16(11)27-19(30)28(2)3)5-4-6-15(17)26-18(29)13-10-24-8-7-14(13)20(21,22)23/h4-10H,1-3H3,(H,26,29)(H,25,27,30). The second-order valence-electron chi connectivity index (χ2n) is 6.72. The number of hydrogen-bond donors (Lipinski definition) is 2. The molecule has 0 radical (unpaired) electrons. The molecule has 2 heterocycles. The van der Waals surface area contributed by atoms with Crippen LogP contribution in [0.4, 0.5) is 29.3 Å². The molecule has 0 aliphatic carbocycles. The Bertz CT molecular complexity index is 1130. The highest BCUT2D eigenvalue weighted by Gasteiger charge is 2.35. The lowest BCUT2D eigenvalue weighted by molar-refractivity contribution is -0.138. The number of hydrogen-bond acceptors (Lipinski definition) is 4. The van der Waals surface area contributed by atoms with Gasteiger partial charge in [0.15, 0.2) is 0 Å². The van der Waals surface area contributed by atoms with E-state index in [9.17, 15) is 22.8 Å². The highest BCUT2D eigenvalue weighted by Crippen LogP contribution is 2.33. The molecule has 0 atom stereocenters. The number of fused-ring (bicyclic) bond motifs is 1. The zero-order chi connectivity index (χ0) is 22.1. The molecule has 30 heavy (non-hydrogen) atoms. The fraction of sp³-hybridized carbons (Fsp3) is 0.200. The number of alkyl halides is 3. The number of urea groups is 1. The van der Waals surface area contributed by atoms with E-state index in [4.69, 9.17) is 0 Å². The number of aromatic nitrogens is 2. The summed E-state index contributed by atoms with van der Waals surface area (Å²) in [4.78, 5) is 34.0. The van der Waals surface area contributed by atoms with Crippen molar-refractivity contribution in [1.82, 2.24) is 14.9 Å². The van der Waals surface area contributed by atoms with Crippen molar-refractivity contribution in [2.45, 2.75) is 13.1 Å². The Morgan fingerprint density at radius 3 is 2.47 bits per heavy atom. The van der Waals surface area contributed by atoms with Crippen molar-refractivity contribution in [2.24, 2.45) is 0 Å². The van der Waals surface area contributed by atoms with Gasteiger partial charge in [-0.3, -0.25) is 14.8 Å². The Labute approximate surface area is 169 Å². The van der Waals surface area contributed by atoms with Crippen molar-refractivity contribution in [1.29, 1.82) is 0 Å². The van der Waals surface area contributed by atoms with Crippen molar-refractivity contribution < 1.29 is 22.8 Å². The number of carbonyl (C=O) groups is 2. The van der Waals surface area contributed by atoms with Crippen molar-refractivity contribution in [2.75, 3.05) is 24.7 Å². The molecule has 7 nitrogen and oxygen atoms in total. The van der Waals surface area contributed by atoms with E-state index in [0.29, 0.717) is 22.2 Å². The Kier molecular flexibility index (Phi) is 5.59. The van der Waals surface area contributed by atoms with E-state index >= 15 is 0 Å². The molecule has 10 heteroatoms. The number of rotatable bonds is 3. The summed E-state index contributed by atoms with van der Waals surface area (Å²) in [6, 6.07) is 5.21. The van der Waals surface area contributed by atoms with E-state index in [1.807, 2.05) is 0 Å². The van der Waals surface area contributed by atoms with Crippen LogP contribution >= 0.6 is 0 Å². The number of halogens is 3. The summed E-state index contributed by atoms with van der Waals surface area (Å²) in [5.74, 6) is -0.968. The van der Waals surface area contributed by atoms with Gasteiger partial charge in [0.05, 0.1) is 28.0 Å². The first kappa shape index (κ1) is 21.0. The van der Waals surface area contributed by atoms with E-state index in [1.165, 1.54) is 17.2 Å². The van der Waals surface area contributed by atoms with Gasteiger partial charge in [0.25, 0.3) is 5.91 Å². The first-order valence-electron chi connectivity index (χ1n) is 8.78. The van der Waals surface area contributed by atoms with Crippen LogP contribution in [-0.4, -0.2) is 40.9 Å². The number of pyridine rings is 2. The van der Waals surface area contributed by atoms with Gasteiger partial charge in [-0.2, -0.15) is 13.2 Å². The molecule has 0 bridgehead atoms. The minimum atomic E-state index is -4.70. The van der Waals surface area contributed by atoms with E-state index < -0.39 is 23.2 Å². The number of aryl methyl sites for hydroxylation is 1. The summed E-state index contributed by atoms with van der Waals surface area (Å²) in [7, 11) is 3.18. The van der Waals surface area contributed by atoms with E-state index in [-0.39, 0.29) is 11.7 Å². The largest absolute Gasteiger partial charge is 0.417 e. The molecule has 3 rings (SSSR count). The van der Waals surface area contributed by atoms with Gasteiger partial charge in [-0.15, -0.1) is 0 Å². The molecule has 0 fully saturated rings. The molecule has 2 N–H and O–H groups in total. The average molecular weight is 417 g/mol. The number of para-hydroxylation sites is 1. The number of nitrogens with zero attached hydrogens (tertiary/aromatic N) is 3. The normalized spacial score (nSPS) is 11.3. The number of carbonyl (C=O) groups excluding carboxylic acids is 2. The summed E-state index contributed by atoms with van der Waals surface area (Å²) < 4.78 is 39.7. The van der Waals surface area contributed by atoms with Gasteiger partial charge >= 0.3 is 12.2 Å². The molecule has 156 valence electrons. The molecule has 0 spiro atoms. The van der Waals surface area contributed by atoms with Gasteiger partial charge < -0.3 is 15.5 Å². The van der Waals surface area contributed by atoms with Gasteiger partial charge in [-0.25, -0.2) is 4.79 Å². The highest BCUT2D eigenvalue weighted by molar-refractivity contribution is 6.11. The summed E-state index contributed by atoms with van der Waals surface area (Å²) in [6.45, 7) is 1.76. The molecule has 3 aromatic rings. The van der Waals surface area contributed by atoms with Crippen molar-refractivity contribution in [3.8, 4) is 0 Å². The first-order valence-corrected chi connectivity index (χ1v) is 8.78. The Balaban J connectivity index is 2.03. The van der Waals surface area contributed by atoms with E-state index in [1.54, 1.807) is 33.2 Å². The molecular formula is C20H18F3N5O2. The third-order valence-corrected chi connectivity index (χ3v) is 4.34. The van der Waals surface area contributed by atoms with Crippen LogP contribution in [0.5, 0.6) is 0 Å². The number of amides is 3. The van der Waals surface area contributed by atoms with Gasteiger partial charge in [0.1, 0.15) is 0 Å². The van der Waals surface area contributed by atoms with Gasteiger partial charge in [0, 0.05) is 38.1 Å². The van der Waals surface area contributed by atoms with Gasteiger partial charge in [-0.05, 0) is 24.6 Å². The van der Waals surface area contributed by atoms with Crippen molar-refractivity contribution >= 4 is 34.2 Å². The third kappa shape index (κ3) is 4.17. The Morgan fingerprint density at radius 1 is 1.07 bits per heavy atom. The van der Waals surface area contributed by atoms with E-state index in [0.717, 1.165) is 18.5 Å². The Hall–Kier alpha value is -3.69. The van der Waals surface area contributed by atoms with Gasteiger partial charge in [0.2, 0.25) is 0 Å². The van der Waals surface area contributed by atoms with Crippen molar-refractivity contribution in [3.63, 3.8) is 0 Å². The van der Waals surface area contributed by atoms with Crippen molar-refractivity contribution in [3.05, 3.63) is 59.5 Å². The molecule has 0 saturated carbocycles. The predicted octanol–water partition coefficient (Wildman–Crippen LogP) is 4.30. The molecule has 2 aromatic heterocycles. The number of nitrogens with one attached hydrogen (secondary N) is 2. The fourth-order valence-electron chi connectivity index (χ4n) is 2.82. The maximum Gasteiger partial charge on any atom is 0.417 e. The first-order chi connectivity index (χ1) is 14.1. The molecule has 0 unspecified atom stereocenters. The number of benzene rings is 1. The van der Waals surface area contributed by atoms with Crippen LogP contribution in [-0.2, 0) is 6.18 Å². The van der Waals surface area contributed by atoms with Crippen LogP contribution in [0.3, 0.4) is 0 Å². The third-order valence-electron chi connectivity index (χ3n) is 4.34. The minimum absolute atomic E-state index is 0.204. The second kappa shape index (κ2) is 7.97. The minimum Gasteiger partial charge on any atom is -0.331 e. The zero-order valence-electron chi connectivity index (χ0n) is 16.3. The van der Waals surface area contributed by atoms with Crippen LogP contribution in [0, 0.1) is 6.92 Å². The quantitative estimate of drug-likeness (QED) is 0.665. The summed E-state index contributed by atoms with van der Waals surface area (Å²) in [5, 5.41) is 5.77. The summed E-state index contributed by atoms with van der Waals surface area (Å²) >= 11 is 0. The molecule has 3 amide bonds. The average Bonchev–Trinajstić information content (AvgIpc) is 2.69. The Morgan fingerprint density at radius 2 is 1.80 bits per heavy atom. The molecule has 0 saturated heterocycles. The lowest BCUT2D eigenvalue weighted by Crippen LogP contribution is -2.27. The molecule has 0 aliphatic rings. The van der Waals surface area contributed by atoms with Crippen LogP contribution < -0.4 is 10.6 Å². The number of anilines is 2. The predicted molar refractivity (Wildman–Crippen MR) is 106 cm³/mol. The smallest absolute Gasteiger partial charge is 0.331 e. The molecule has 1 aromatic carbocycles. The van der Waals surface area contributed by atoms with E-state index in [2.05, 4.69) is 20.6 Å². The fourth-order valence-corrected chi connectivity index (χ4v) is 2.82. The monoisotopic (exact) mass is 417 g/mol. The lowest BCUT2D eigenvalue weighted by Gasteiger charge is -2.17. The maximum atomic E-state index is 13.2. The van der Waals surface area contributed by atoms with Crippen LogP contribution in [0.2, 0.25) is 0 Å². The topological polar surface area (TPSA) is 87.2 Å². The second-order valence-corrected chi connectivity index (χ2v) is 6.72. The zero-order valence-corrected chi connectivity index (χ0v) is 16.3. The highest BCUT2D eigenvalue weighted by atomic mass is 19.4. The van der Waals surface area contributed by atoms with Crippen LogP contribution in [0.25, 0.3) is 10.9 Å². The van der Waals surface area contributed by atoms with Gasteiger partial charge in [-0.1, -0.05) is 12.1 Å². The molecule has 0 aliphatic heterocycles.